The number of carbonyl (C=O) groups excluding carboxylic acids is 1. The van der Waals surface area contributed by atoms with E-state index in [1.165, 1.54) is 23.8 Å². The Morgan fingerprint density at radius 3 is 2.96 bits per heavy atom. The summed E-state index contributed by atoms with van der Waals surface area (Å²) in [6, 6.07) is 6.64. The van der Waals surface area contributed by atoms with Gasteiger partial charge < -0.3 is 24.1 Å². The molecule has 0 spiro atoms. The molecule has 6 nitrogen and oxygen atoms in total. The molecular weight excluding hydrogens is 356 g/mol. The molecule has 6 heteroatoms. The lowest BCUT2D eigenvalue weighted by molar-refractivity contribution is -0.944. The number of hydrogen-bond acceptors (Lipinski definition) is 4. The minimum absolute atomic E-state index is 0.125. The number of piperidine rings is 1. The molecule has 1 unspecified atom stereocenters. The summed E-state index contributed by atoms with van der Waals surface area (Å²) in [5, 5.41) is 1.29. The Morgan fingerprint density at radius 1 is 1.32 bits per heavy atom. The number of ether oxygens (including phenoxy) is 3. The zero-order valence-electron chi connectivity index (χ0n) is 16.6. The van der Waals surface area contributed by atoms with E-state index in [1.807, 2.05) is 6.07 Å². The molecule has 3 aliphatic heterocycles. The van der Waals surface area contributed by atoms with Gasteiger partial charge in [-0.05, 0) is 24.6 Å². The maximum Gasteiger partial charge on any atom is 0.337 e. The summed E-state index contributed by atoms with van der Waals surface area (Å²) >= 11 is 0. The van der Waals surface area contributed by atoms with Gasteiger partial charge >= 0.3 is 5.97 Å². The van der Waals surface area contributed by atoms with Crippen molar-refractivity contribution in [2.45, 2.75) is 31.9 Å². The van der Waals surface area contributed by atoms with E-state index >= 15 is 0 Å². The Balaban J connectivity index is 1.54. The van der Waals surface area contributed by atoms with Gasteiger partial charge in [0.1, 0.15) is 17.9 Å². The highest BCUT2D eigenvalue weighted by molar-refractivity contribution is 5.89. The Morgan fingerprint density at radius 2 is 2.18 bits per heavy atom. The number of rotatable bonds is 2. The molecule has 2 aromatic rings. The van der Waals surface area contributed by atoms with Crippen LogP contribution in [-0.2, 0) is 20.7 Å². The molecule has 1 saturated heterocycles. The van der Waals surface area contributed by atoms with Crippen LogP contribution >= 0.6 is 0 Å². The van der Waals surface area contributed by atoms with Gasteiger partial charge in [0.15, 0.2) is 0 Å². The first-order valence-corrected chi connectivity index (χ1v) is 10.1. The Labute approximate surface area is 164 Å². The van der Waals surface area contributed by atoms with Gasteiger partial charge in [-0.1, -0.05) is 0 Å². The van der Waals surface area contributed by atoms with Crippen molar-refractivity contribution in [1.82, 2.24) is 4.98 Å². The molecule has 0 radical (unpaired) electrons. The van der Waals surface area contributed by atoms with Crippen LogP contribution in [0.25, 0.3) is 10.9 Å². The van der Waals surface area contributed by atoms with Gasteiger partial charge in [-0.2, -0.15) is 0 Å². The molecule has 0 aliphatic carbocycles. The highest BCUT2D eigenvalue weighted by Crippen LogP contribution is 2.41. The monoisotopic (exact) mass is 383 g/mol. The van der Waals surface area contributed by atoms with Gasteiger partial charge in [-0.15, -0.1) is 0 Å². The lowest BCUT2D eigenvalue weighted by atomic mass is 9.72. The van der Waals surface area contributed by atoms with E-state index in [9.17, 15) is 4.79 Å². The largest absolute Gasteiger partial charge is 0.497 e. The molecule has 2 N–H and O–H groups in total. The maximum atomic E-state index is 12.3. The smallest absolute Gasteiger partial charge is 0.337 e. The SMILES string of the molecule is COC(=O)C1=CO[C@@H](C)[C@@H]2C[NH+]3CCc4c([nH]c5cc(OC)ccc45)[C@@H]3C[C@H]12. The van der Waals surface area contributed by atoms with Crippen LogP contribution in [-0.4, -0.2) is 44.4 Å². The van der Waals surface area contributed by atoms with Crippen LogP contribution in [0.15, 0.2) is 30.0 Å². The number of esters is 1. The van der Waals surface area contributed by atoms with Crippen molar-refractivity contribution in [3.63, 3.8) is 0 Å². The summed E-state index contributed by atoms with van der Waals surface area (Å²) in [7, 11) is 3.14. The molecule has 0 saturated carbocycles. The number of benzene rings is 1. The average Bonchev–Trinajstić information content (AvgIpc) is 3.10. The first kappa shape index (κ1) is 17.6. The molecule has 5 atom stereocenters. The first-order valence-electron chi connectivity index (χ1n) is 10.1. The third kappa shape index (κ3) is 2.54. The van der Waals surface area contributed by atoms with Crippen LogP contribution in [0.3, 0.4) is 0 Å². The number of quaternary nitrogens is 1. The second-order valence-electron chi connectivity index (χ2n) is 8.26. The Hall–Kier alpha value is -2.47. The molecule has 0 bridgehead atoms. The summed E-state index contributed by atoms with van der Waals surface area (Å²) in [5.41, 5.74) is 4.58. The van der Waals surface area contributed by atoms with Crippen molar-refractivity contribution in [1.29, 1.82) is 0 Å². The van der Waals surface area contributed by atoms with Gasteiger partial charge in [-0.25, -0.2) is 4.79 Å². The quantitative estimate of drug-likeness (QED) is 0.776. The summed E-state index contributed by atoms with van der Waals surface area (Å²) in [6.07, 6.45) is 3.77. The molecule has 1 fully saturated rings. The second-order valence-corrected chi connectivity index (χ2v) is 8.26. The fraction of sp³-hybridized carbons (Fsp3) is 0.500. The van der Waals surface area contributed by atoms with E-state index in [0.717, 1.165) is 37.2 Å². The van der Waals surface area contributed by atoms with Crippen LogP contribution < -0.4 is 9.64 Å². The highest BCUT2D eigenvalue weighted by atomic mass is 16.5. The van der Waals surface area contributed by atoms with E-state index in [0.29, 0.717) is 17.5 Å². The number of aromatic amines is 1. The number of fused-ring (bicyclic) bond motifs is 6. The van der Waals surface area contributed by atoms with Crippen LogP contribution in [0.4, 0.5) is 0 Å². The van der Waals surface area contributed by atoms with Gasteiger partial charge in [0.25, 0.3) is 0 Å². The first-order chi connectivity index (χ1) is 13.6. The lowest BCUT2D eigenvalue weighted by Gasteiger charge is -2.46. The Kier molecular flexibility index (Phi) is 4.12. The van der Waals surface area contributed by atoms with Gasteiger partial charge in [0.2, 0.25) is 0 Å². The van der Waals surface area contributed by atoms with Crippen molar-refractivity contribution >= 4 is 16.9 Å². The number of H-pyrrole nitrogens is 1. The predicted molar refractivity (Wildman–Crippen MR) is 104 cm³/mol. The fourth-order valence-corrected chi connectivity index (χ4v) is 5.55. The van der Waals surface area contributed by atoms with Crippen LogP contribution in [0.5, 0.6) is 5.75 Å². The molecular formula is C22H27N2O4+. The zero-order chi connectivity index (χ0) is 19.4. The van der Waals surface area contributed by atoms with Crippen LogP contribution in [0.2, 0.25) is 0 Å². The molecule has 5 rings (SSSR count). The fourth-order valence-electron chi connectivity index (χ4n) is 5.55. The number of hydrogen-bond donors (Lipinski definition) is 2. The van der Waals surface area contributed by atoms with Crippen molar-refractivity contribution in [2.24, 2.45) is 11.8 Å². The standard InChI is InChI=1S/C22H26N2O4/c1-12-17-10-24-7-6-15-14-5-4-13(26-2)8-19(14)23-21(15)20(24)9-16(17)18(11-28-12)22(25)27-3/h4-5,8,11-12,16-17,20,23H,6-7,9-10H2,1-3H3/p+1/t12-,16-,17-,20-/m0/s1. The number of carbonyl (C=O) groups is 1. The molecule has 1 aromatic heterocycles. The van der Waals surface area contributed by atoms with Crippen molar-refractivity contribution in [3.05, 3.63) is 41.3 Å². The summed E-state index contributed by atoms with van der Waals surface area (Å²) in [4.78, 5) is 17.6. The maximum absolute atomic E-state index is 12.3. The van der Waals surface area contributed by atoms with Crippen molar-refractivity contribution in [3.8, 4) is 5.75 Å². The normalized spacial score (nSPS) is 31.1. The van der Waals surface area contributed by atoms with E-state index < -0.39 is 0 Å². The van der Waals surface area contributed by atoms with E-state index in [2.05, 4.69) is 24.0 Å². The summed E-state index contributed by atoms with van der Waals surface area (Å²) < 4.78 is 16.2. The van der Waals surface area contributed by atoms with Crippen LogP contribution in [0.1, 0.15) is 30.6 Å². The van der Waals surface area contributed by atoms with Crippen LogP contribution in [0, 0.1) is 11.8 Å². The molecule has 148 valence electrons. The predicted octanol–water partition coefficient (Wildman–Crippen LogP) is 1.77. The minimum Gasteiger partial charge on any atom is -0.497 e. The number of methoxy groups -OCH3 is 2. The molecule has 0 amide bonds. The molecule has 3 aliphatic rings. The lowest BCUT2D eigenvalue weighted by Crippen LogP contribution is -3.15. The molecule has 1 aromatic carbocycles. The third-order valence-corrected chi connectivity index (χ3v) is 7.02. The number of nitrogens with one attached hydrogen (secondary N) is 2. The Bertz CT molecular complexity index is 963. The summed E-state index contributed by atoms with van der Waals surface area (Å²) in [6.45, 7) is 4.25. The van der Waals surface area contributed by atoms with Gasteiger partial charge in [0.05, 0.1) is 50.8 Å². The third-order valence-electron chi connectivity index (χ3n) is 7.02. The topological polar surface area (TPSA) is 65.0 Å². The van der Waals surface area contributed by atoms with Crippen molar-refractivity contribution < 1.29 is 23.9 Å². The van der Waals surface area contributed by atoms with Gasteiger partial charge in [0, 0.05) is 35.7 Å². The van der Waals surface area contributed by atoms with E-state index in [1.54, 1.807) is 18.3 Å². The zero-order valence-corrected chi connectivity index (χ0v) is 16.6. The van der Waals surface area contributed by atoms with E-state index in [-0.39, 0.29) is 18.0 Å². The average molecular weight is 383 g/mol. The molecule has 4 heterocycles. The second kappa shape index (κ2) is 6.55. The molecule has 28 heavy (non-hydrogen) atoms. The van der Waals surface area contributed by atoms with E-state index in [4.69, 9.17) is 14.2 Å². The van der Waals surface area contributed by atoms with Gasteiger partial charge in [-0.3, -0.25) is 0 Å². The van der Waals surface area contributed by atoms with Crippen molar-refractivity contribution in [2.75, 3.05) is 27.3 Å². The summed E-state index contributed by atoms with van der Waals surface area (Å²) in [5.74, 6) is 1.13. The number of aromatic nitrogens is 1. The highest BCUT2D eigenvalue weighted by Gasteiger charge is 2.49. The minimum atomic E-state index is -0.261.